The van der Waals surface area contributed by atoms with Gasteiger partial charge in [0.15, 0.2) is 0 Å². The number of carbonyl (C=O) groups excluding carboxylic acids is 1. The minimum absolute atomic E-state index is 0.0765. The Balaban J connectivity index is 1.99. The number of hydrogen-bond acceptors (Lipinski definition) is 3. The first-order valence-corrected chi connectivity index (χ1v) is 7.81. The Morgan fingerprint density at radius 3 is 2.74 bits per heavy atom. The average Bonchev–Trinajstić information content (AvgIpc) is 2.94. The molecule has 2 amide bonds. The van der Waals surface area contributed by atoms with Crippen molar-refractivity contribution in [3.8, 4) is 0 Å². The molecule has 0 fully saturated rings. The van der Waals surface area contributed by atoms with Crippen LogP contribution in [0.15, 0.2) is 42.7 Å². The highest BCUT2D eigenvalue weighted by atomic mass is 16.3. The molecule has 2 rings (SSSR count). The highest BCUT2D eigenvalue weighted by Gasteiger charge is 2.14. The molecule has 0 saturated carbocycles. The molecule has 6 heteroatoms. The molecule has 23 heavy (non-hydrogen) atoms. The van der Waals surface area contributed by atoms with Gasteiger partial charge in [-0.3, -0.25) is 4.68 Å². The van der Waals surface area contributed by atoms with Gasteiger partial charge in [0.25, 0.3) is 0 Å². The second-order valence-electron chi connectivity index (χ2n) is 5.91. The summed E-state index contributed by atoms with van der Waals surface area (Å²) in [7, 11) is 0. The Morgan fingerprint density at radius 2 is 2.09 bits per heavy atom. The van der Waals surface area contributed by atoms with Crippen LogP contribution >= 0.6 is 0 Å². The van der Waals surface area contributed by atoms with E-state index in [0.29, 0.717) is 18.2 Å². The normalized spacial score (nSPS) is 10.8. The predicted octanol–water partition coefficient (Wildman–Crippen LogP) is 2.57. The SMILES string of the molecule is CC(C)Cn1cc(NC(=O)N(CCO)Cc2ccccc2)cn1. The van der Waals surface area contributed by atoms with Crippen LogP contribution in [0, 0.1) is 5.92 Å². The summed E-state index contributed by atoms with van der Waals surface area (Å²) in [4.78, 5) is 14.0. The molecule has 1 heterocycles. The quantitative estimate of drug-likeness (QED) is 0.825. The van der Waals surface area contributed by atoms with Gasteiger partial charge in [-0.15, -0.1) is 0 Å². The van der Waals surface area contributed by atoms with Crippen LogP contribution in [-0.2, 0) is 13.1 Å². The summed E-state index contributed by atoms with van der Waals surface area (Å²) >= 11 is 0. The van der Waals surface area contributed by atoms with E-state index in [4.69, 9.17) is 0 Å². The van der Waals surface area contributed by atoms with Crippen LogP contribution in [0.25, 0.3) is 0 Å². The van der Waals surface area contributed by atoms with Crippen LogP contribution in [0.2, 0.25) is 0 Å². The van der Waals surface area contributed by atoms with Crippen molar-refractivity contribution in [2.24, 2.45) is 5.92 Å². The summed E-state index contributed by atoms with van der Waals surface area (Å²) in [5, 5.41) is 16.3. The third-order valence-electron chi connectivity index (χ3n) is 3.31. The second-order valence-corrected chi connectivity index (χ2v) is 5.91. The van der Waals surface area contributed by atoms with E-state index in [0.717, 1.165) is 12.1 Å². The summed E-state index contributed by atoms with van der Waals surface area (Å²) in [5.41, 5.74) is 1.68. The van der Waals surface area contributed by atoms with Crippen molar-refractivity contribution in [3.63, 3.8) is 0 Å². The number of nitrogens with one attached hydrogen (secondary N) is 1. The first-order chi connectivity index (χ1) is 11.1. The summed E-state index contributed by atoms with van der Waals surface area (Å²) in [6, 6.07) is 9.47. The Hall–Kier alpha value is -2.34. The summed E-state index contributed by atoms with van der Waals surface area (Å²) < 4.78 is 1.81. The van der Waals surface area contributed by atoms with Crippen LogP contribution in [-0.4, -0.2) is 39.0 Å². The number of carbonyl (C=O) groups is 1. The van der Waals surface area contributed by atoms with Crippen LogP contribution < -0.4 is 5.32 Å². The zero-order valence-corrected chi connectivity index (χ0v) is 13.6. The molecule has 0 aliphatic rings. The van der Waals surface area contributed by atoms with Gasteiger partial charge in [-0.05, 0) is 11.5 Å². The molecule has 0 spiro atoms. The van der Waals surface area contributed by atoms with Crippen molar-refractivity contribution in [1.29, 1.82) is 0 Å². The molecule has 0 radical (unpaired) electrons. The number of urea groups is 1. The molecule has 124 valence electrons. The van der Waals surface area contributed by atoms with Crippen molar-refractivity contribution in [1.82, 2.24) is 14.7 Å². The lowest BCUT2D eigenvalue weighted by molar-refractivity contribution is 0.185. The highest BCUT2D eigenvalue weighted by Crippen LogP contribution is 2.10. The Morgan fingerprint density at radius 1 is 1.35 bits per heavy atom. The Bertz CT molecular complexity index is 610. The van der Waals surface area contributed by atoms with Crippen LogP contribution in [0.1, 0.15) is 19.4 Å². The van der Waals surface area contributed by atoms with Gasteiger partial charge in [0.05, 0.1) is 18.5 Å². The molecule has 2 aromatic rings. The van der Waals surface area contributed by atoms with E-state index < -0.39 is 0 Å². The zero-order valence-electron chi connectivity index (χ0n) is 13.6. The molecule has 0 unspecified atom stereocenters. The topological polar surface area (TPSA) is 70.4 Å². The number of aliphatic hydroxyl groups is 1. The molecule has 1 aromatic carbocycles. The lowest BCUT2D eigenvalue weighted by Crippen LogP contribution is -2.36. The molecule has 0 aliphatic heterocycles. The van der Waals surface area contributed by atoms with E-state index >= 15 is 0 Å². The van der Waals surface area contributed by atoms with Crippen molar-refractivity contribution in [3.05, 3.63) is 48.3 Å². The number of benzene rings is 1. The fraction of sp³-hybridized carbons (Fsp3) is 0.412. The van der Waals surface area contributed by atoms with Crippen molar-refractivity contribution >= 4 is 11.7 Å². The number of nitrogens with zero attached hydrogens (tertiary/aromatic N) is 3. The number of rotatable bonds is 7. The van der Waals surface area contributed by atoms with Gasteiger partial charge in [-0.25, -0.2) is 4.79 Å². The molecule has 6 nitrogen and oxygen atoms in total. The standard InChI is InChI=1S/C17H24N4O2/c1-14(2)11-21-13-16(10-18-21)19-17(23)20(8-9-22)12-15-6-4-3-5-7-15/h3-7,10,13-14,22H,8-9,11-12H2,1-2H3,(H,19,23). The van der Waals surface area contributed by atoms with Gasteiger partial charge in [0.2, 0.25) is 0 Å². The van der Waals surface area contributed by atoms with E-state index in [1.54, 1.807) is 11.1 Å². The lowest BCUT2D eigenvalue weighted by Gasteiger charge is -2.21. The van der Waals surface area contributed by atoms with Gasteiger partial charge < -0.3 is 15.3 Å². The smallest absolute Gasteiger partial charge is 0.322 e. The molecular weight excluding hydrogens is 292 g/mol. The summed E-state index contributed by atoms with van der Waals surface area (Å²) in [5.74, 6) is 0.488. The number of aromatic nitrogens is 2. The molecule has 0 atom stereocenters. The molecule has 1 aromatic heterocycles. The van der Waals surface area contributed by atoms with E-state index in [-0.39, 0.29) is 19.2 Å². The van der Waals surface area contributed by atoms with Crippen molar-refractivity contribution < 1.29 is 9.90 Å². The molecular formula is C17H24N4O2. The molecule has 2 N–H and O–H groups in total. The van der Waals surface area contributed by atoms with Gasteiger partial charge in [-0.2, -0.15) is 5.10 Å². The van der Waals surface area contributed by atoms with Crippen LogP contribution in [0.5, 0.6) is 0 Å². The maximum atomic E-state index is 12.4. The average molecular weight is 316 g/mol. The fourth-order valence-corrected chi connectivity index (χ4v) is 2.28. The van der Waals surface area contributed by atoms with E-state index in [1.165, 1.54) is 0 Å². The van der Waals surface area contributed by atoms with Gasteiger partial charge >= 0.3 is 6.03 Å². The van der Waals surface area contributed by atoms with E-state index in [2.05, 4.69) is 24.3 Å². The molecule has 0 aliphatic carbocycles. The number of aliphatic hydroxyl groups excluding tert-OH is 1. The largest absolute Gasteiger partial charge is 0.395 e. The maximum absolute atomic E-state index is 12.4. The second kappa shape index (κ2) is 8.33. The van der Waals surface area contributed by atoms with Gasteiger partial charge in [0, 0.05) is 25.8 Å². The Kier molecular flexibility index (Phi) is 6.17. The molecule has 0 saturated heterocycles. The van der Waals surface area contributed by atoms with E-state index in [1.807, 2.05) is 41.2 Å². The summed E-state index contributed by atoms with van der Waals surface area (Å²) in [6.07, 6.45) is 3.46. The first kappa shape index (κ1) is 17.0. The van der Waals surface area contributed by atoms with Gasteiger partial charge in [-0.1, -0.05) is 44.2 Å². The summed E-state index contributed by atoms with van der Waals surface area (Å²) in [6.45, 7) is 5.69. The fourth-order valence-electron chi connectivity index (χ4n) is 2.28. The molecule has 0 bridgehead atoms. The number of hydrogen-bond donors (Lipinski definition) is 2. The minimum atomic E-state index is -0.244. The Labute approximate surface area is 136 Å². The monoisotopic (exact) mass is 316 g/mol. The first-order valence-electron chi connectivity index (χ1n) is 7.81. The number of amides is 2. The van der Waals surface area contributed by atoms with Gasteiger partial charge in [0.1, 0.15) is 0 Å². The predicted molar refractivity (Wildman–Crippen MR) is 90.0 cm³/mol. The minimum Gasteiger partial charge on any atom is -0.395 e. The third kappa shape index (κ3) is 5.41. The zero-order chi connectivity index (χ0) is 16.7. The highest BCUT2D eigenvalue weighted by molar-refractivity contribution is 5.89. The van der Waals surface area contributed by atoms with Crippen molar-refractivity contribution in [2.45, 2.75) is 26.9 Å². The lowest BCUT2D eigenvalue weighted by atomic mass is 10.2. The number of anilines is 1. The van der Waals surface area contributed by atoms with Crippen LogP contribution in [0.3, 0.4) is 0 Å². The third-order valence-corrected chi connectivity index (χ3v) is 3.31. The van der Waals surface area contributed by atoms with Crippen LogP contribution in [0.4, 0.5) is 10.5 Å². The maximum Gasteiger partial charge on any atom is 0.322 e. The van der Waals surface area contributed by atoms with Crippen molar-refractivity contribution in [2.75, 3.05) is 18.5 Å². The van der Waals surface area contributed by atoms with E-state index in [9.17, 15) is 9.90 Å².